The van der Waals surface area contributed by atoms with Crippen LogP contribution in [0.15, 0.2) is 54.6 Å². The van der Waals surface area contributed by atoms with Crippen LogP contribution in [0, 0.1) is 12.7 Å². The lowest BCUT2D eigenvalue weighted by molar-refractivity contribution is -0.115. The highest BCUT2D eigenvalue weighted by molar-refractivity contribution is 5.91. The Kier molecular flexibility index (Phi) is 5.31. The summed E-state index contributed by atoms with van der Waals surface area (Å²) in [6, 6.07) is 15.2. The first kappa shape index (κ1) is 17.7. The average molecular weight is 353 g/mol. The second-order valence-corrected chi connectivity index (χ2v) is 5.86. The van der Waals surface area contributed by atoms with Gasteiger partial charge in [0, 0.05) is 6.07 Å². The quantitative estimate of drug-likeness (QED) is 0.731. The number of aryl methyl sites for hydroxylation is 1. The Morgan fingerprint density at radius 1 is 1.15 bits per heavy atom. The van der Waals surface area contributed by atoms with Crippen molar-refractivity contribution >= 4 is 11.7 Å². The molecule has 1 heterocycles. The fraction of sp³-hybridized carbons (Fsp3) is 0.200. The van der Waals surface area contributed by atoms with Crippen molar-refractivity contribution in [1.82, 2.24) is 9.78 Å². The van der Waals surface area contributed by atoms with Crippen LogP contribution in [0.2, 0.25) is 0 Å². The van der Waals surface area contributed by atoms with E-state index in [0.29, 0.717) is 18.1 Å². The second kappa shape index (κ2) is 7.82. The highest BCUT2D eigenvalue weighted by Crippen LogP contribution is 2.18. The molecule has 3 aromatic rings. The number of nitrogens with one attached hydrogen (secondary N) is 1. The Labute approximate surface area is 151 Å². The van der Waals surface area contributed by atoms with Gasteiger partial charge >= 0.3 is 0 Å². The minimum atomic E-state index is -0.321. The molecule has 1 N–H and O–H groups in total. The van der Waals surface area contributed by atoms with Crippen molar-refractivity contribution in [3.63, 3.8) is 0 Å². The van der Waals surface area contributed by atoms with Gasteiger partial charge in [-0.2, -0.15) is 5.10 Å². The number of carbonyl (C=O) groups excluding carboxylic acids is 1. The lowest BCUT2D eigenvalue weighted by Crippen LogP contribution is -2.17. The molecule has 1 aromatic heterocycles. The molecule has 26 heavy (non-hydrogen) atoms. The summed E-state index contributed by atoms with van der Waals surface area (Å²) in [5, 5.41) is 7.23. The molecule has 2 aromatic carbocycles. The SMILES string of the molecule is CCOc1ccc(CC(=O)Nc2cc(C)nn2-c2ccc(F)cc2)cc1. The Bertz CT molecular complexity index is 886. The normalized spacial score (nSPS) is 10.6. The summed E-state index contributed by atoms with van der Waals surface area (Å²) in [4.78, 5) is 12.4. The van der Waals surface area contributed by atoms with E-state index in [2.05, 4.69) is 10.4 Å². The number of halogens is 1. The van der Waals surface area contributed by atoms with Crippen LogP contribution in [0.3, 0.4) is 0 Å². The number of amides is 1. The van der Waals surface area contributed by atoms with Gasteiger partial charge in [0.1, 0.15) is 17.4 Å². The fourth-order valence-corrected chi connectivity index (χ4v) is 2.61. The van der Waals surface area contributed by atoms with E-state index in [9.17, 15) is 9.18 Å². The monoisotopic (exact) mass is 353 g/mol. The van der Waals surface area contributed by atoms with Crippen LogP contribution in [0.1, 0.15) is 18.2 Å². The number of hydrogen-bond acceptors (Lipinski definition) is 3. The van der Waals surface area contributed by atoms with Crippen molar-refractivity contribution in [3.8, 4) is 11.4 Å². The molecule has 0 aliphatic carbocycles. The molecule has 3 rings (SSSR count). The zero-order chi connectivity index (χ0) is 18.5. The summed E-state index contributed by atoms with van der Waals surface area (Å²) in [7, 11) is 0. The van der Waals surface area contributed by atoms with Crippen molar-refractivity contribution < 1.29 is 13.9 Å². The van der Waals surface area contributed by atoms with Crippen molar-refractivity contribution in [2.75, 3.05) is 11.9 Å². The van der Waals surface area contributed by atoms with Gasteiger partial charge in [-0.1, -0.05) is 12.1 Å². The molecule has 5 nitrogen and oxygen atoms in total. The summed E-state index contributed by atoms with van der Waals surface area (Å²) in [6.45, 7) is 4.36. The molecule has 0 spiro atoms. The molecule has 1 amide bonds. The topological polar surface area (TPSA) is 56.1 Å². The average Bonchev–Trinajstić information content (AvgIpc) is 2.97. The van der Waals surface area contributed by atoms with Crippen LogP contribution in [0.25, 0.3) is 5.69 Å². The smallest absolute Gasteiger partial charge is 0.229 e. The summed E-state index contributed by atoms with van der Waals surface area (Å²) in [5.74, 6) is 0.850. The van der Waals surface area contributed by atoms with Gasteiger partial charge in [-0.25, -0.2) is 9.07 Å². The number of hydrogen-bond donors (Lipinski definition) is 1. The van der Waals surface area contributed by atoms with Gasteiger partial charge in [0.15, 0.2) is 0 Å². The second-order valence-electron chi connectivity index (χ2n) is 5.86. The maximum atomic E-state index is 13.1. The van der Waals surface area contributed by atoms with Crippen LogP contribution in [0.4, 0.5) is 10.2 Å². The third kappa shape index (κ3) is 4.27. The van der Waals surface area contributed by atoms with Crippen LogP contribution < -0.4 is 10.1 Å². The summed E-state index contributed by atoms with van der Waals surface area (Å²) in [6.07, 6.45) is 0.236. The molecule has 0 fully saturated rings. The summed E-state index contributed by atoms with van der Waals surface area (Å²) >= 11 is 0. The van der Waals surface area contributed by atoms with Crippen molar-refractivity contribution in [2.24, 2.45) is 0 Å². The molecule has 0 radical (unpaired) electrons. The van der Waals surface area contributed by atoms with Crippen LogP contribution >= 0.6 is 0 Å². The molecule has 6 heteroatoms. The molecule has 0 aliphatic heterocycles. The Morgan fingerprint density at radius 2 is 1.85 bits per heavy atom. The van der Waals surface area contributed by atoms with Gasteiger partial charge in [-0.3, -0.25) is 4.79 Å². The number of rotatable bonds is 6. The number of ether oxygens (including phenoxy) is 1. The zero-order valence-corrected chi connectivity index (χ0v) is 14.7. The lowest BCUT2D eigenvalue weighted by atomic mass is 10.1. The van der Waals surface area contributed by atoms with Crippen LogP contribution in [0.5, 0.6) is 5.75 Å². The summed E-state index contributed by atoms with van der Waals surface area (Å²) < 4.78 is 20.1. The van der Waals surface area contributed by atoms with Gasteiger partial charge in [0.2, 0.25) is 5.91 Å². The number of benzene rings is 2. The highest BCUT2D eigenvalue weighted by Gasteiger charge is 2.12. The first-order valence-electron chi connectivity index (χ1n) is 8.39. The third-order valence-electron chi connectivity index (χ3n) is 3.77. The number of nitrogens with zero attached hydrogens (tertiary/aromatic N) is 2. The Morgan fingerprint density at radius 3 is 2.50 bits per heavy atom. The number of anilines is 1. The lowest BCUT2D eigenvalue weighted by Gasteiger charge is -2.09. The highest BCUT2D eigenvalue weighted by atomic mass is 19.1. The van der Waals surface area contributed by atoms with E-state index in [1.165, 1.54) is 12.1 Å². The van der Waals surface area contributed by atoms with E-state index in [4.69, 9.17) is 4.74 Å². The molecule has 0 aliphatic rings. The number of aromatic nitrogens is 2. The molecule has 0 atom stereocenters. The molecular weight excluding hydrogens is 333 g/mol. The van der Waals surface area contributed by atoms with Gasteiger partial charge in [-0.05, 0) is 55.8 Å². The molecule has 134 valence electrons. The number of carbonyl (C=O) groups is 1. The van der Waals surface area contributed by atoms with Gasteiger partial charge < -0.3 is 10.1 Å². The van der Waals surface area contributed by atoms with Gasteiger partial charge in [0.05, 0.1) is 24.4 Å². The van der Waals surface area contributed by atoms with E-state index in [1.54, 1.807) is 22.9 Å². The molecule has 0 bridgehead atoms. The van der Waals surface area contributed by atoms with E-state index in [1.807, 2.05) is 38.1 Å². The largest absolute Gasteiger partial charge is 0.494 e. The molecule has 0 saturated heterocycles. The predicted molar refractivity (Wildman–Crippen MR) is 98.2 cm³/mol. The Balaban J connectivity index is 1.72. The van der Waals surface area contributed by atoms with Crippen molar-refractivity contribution in [3.05, 3.63) is 71.7 Å². The predicted octanol–water partition coefficient (Wildman–Crippen LogP) is 3.90. The first-order valence-corrected chi connectivity index (χ1v) is 8.39. The van der Waals surface area contributed by atoms with E-state index in [0.717, 1.165) is 17.0 Å². The van der Waals surface area contributed by atoms with Gasteiger partial charge in [-0.15, -0.1) is 0 Å². The zero-order valence-electron chi connectivity index (χ0n) is 14.7. The standard InChI is InChI=1S/C20H20FN3O2/c1-3-26-18-10-4-15(5-11-18)13-20(25)22-19-12-14(2)23-24(19)17-8-6-16(21)7-9-17/h4-12H,3,13H2,1-2H3,(H,22,25). The summed E-state index contributed by atoms with van der Waals surface area (Å²) in [5.41, 5.74) is 2.32. The Hall–Kier alpha value is -3.15. The van der Waals surface area contributed by atoms with E-state index < -0.39 is 0 Å². The van der Waals surface area contributed by atoms with Gasteiger partial charge in [0.25, 0.3) is 0 Å². The van der Waals surface area contributed by atoms with Crippen LogP contribution in [-0.2, 0) is 11.2 Å². The molecule has 0 unspecified atom stereocenters. The molecular formula is C20H20FN3O2. The molecule has 0 saturated carbocycles. The minimum Gasteiger partial charge on any atom is -0.494 e. The maximum absolute atomic E-state index is 13.1. The maximum Gasteiger partial charge on any atom is 0.229 e. The van der Waals surface area contributed by atoms with E-state index in [-0.39, 0.29) is 18.1 Å². The van der Waals surface area contributed by atoms with Crippen molar-refractivity contribution in [2.45, 2.75) is 20.3 Å². The third-order valence-corrected chi connectivity index (χ3v) is 3.77. The fourth-order valence-electron chi connectivity index (χ4n) is 2.61. The van der Waals surface area contributed by atoms with E-state index >= 15 is 0 Å². The van der Waals surface area contributed by atoms with Crippen molar-refractivity contribution in [1.29, 1.82) is 0 Å². The first-order chi connectivity index (χ1) is 12.5. The minimum absolute atomic E-state index is 0.155. The van der Waals surface area contributed by atoms with Crippen LogP contribution in [-0.4, -0.2) is 22.3 Å².